The van der Waals surface area contributed by atoms with E-state index in [1.165, 1.54) is 0 Å². The van der Waals surface area contributed by atoms with Crippen LogP contribution in [0.25, 0.3) is 5.65 Å². The maximum absolute atomic E-state index is 10.7. The van der Waals surface area contributed by atoms with E-state index >= 15 is 0 Å². The Hall–Kier alpha value is -2.08. The zero-order chi connectivity index (χ0) is 14.5. The van der Waals surface area contributed by atoms with Gasteiger partial charge in [-0.25, -0.2) is 4.98 Å². The second-order valence-electron chi connectivity index (χ2n) is 4.65. The molecule has 0 spiro atoms. The molecule has 6 nitrogen and oxygen atoms in total. The second-order valence-corrected chi connectivity index (χ2v) is 4.65. The molecule has 0 bridgehead atoms. The van der Waals surface area contributed by atoms with E-state index in [-0.39, 0.29) is 6.42 Å². The van der Waals surface area contributed by atoms with Crippen LogP contribution in [0.1, 0.15) is 19.0 Å². The van der Waals surface area contributed by atoms with E-state index in [1.54, 1.807) is 0 Å². The number of nitrogens with zero attached hydrogens (tertiary/aromatic N) is 3. The minimum absolute atomic E-state index is 0.133. The lowest BCUT2D eigenvalue weighted by Gasteiger charge is -2.22. The summed E-state index contributed by atoms with van der Waals surface area (Å²) in [6.45, 7) is 3.86. The summed E-state index contributed by atoms with van der Waals surface area (Å²) in [6.07, 6.45) is 4.84. The molecule has 0 aromatic carbocycles. The first-order valence-corrected chi connectivity index (χ1v) is 6.78. The number of nitrogens with two attached hydrogens (primary N) is 1. The molecule has 0 unspecified atom stereocenters. The molecule has 0 saturated heterocycles. The van der Waals surface area contributed by atoms with Gasteiger partial charge in [-0.3, -0.25) is 4.79 Å². The third-order valence-electron chi connectivity index (χ3n) is 3.23. The second kappa shape index (κ2) is 6.38. The topological polar surface area (TPSA) is 83.9 Å². The molecular weight excluding hydrogens is 256 g/mol. The van der Waals surface area contributed by atoms with Gasteiger partial charge in [-0.1, -0.05) is 0 Å². The molecule has 0 atom stereocenters. The number of carboxylic acid groups (broad SMARTS) is 1. The first-order valence-electron chi connectivity index (χ1n) is 6.78. The standard InChI is InChI=1S/C14H20N4O2/c1-2-17(8-6-14(19)20)12-3-4-13-16-11(5-7-15)9-18(13)10-12/h3-4,9-10H,2,5-8,15H2,1H3,(H,19,20). The minimum atomic E-state index is -0.780. The normalized spacial score (nSPS) is 10.9. The van der Waals surface area contributed by atoms with Crippen molar-refractivity contribution >= 4 is 17.3 Å². The number of hydrogen-bond acceptors (Lipinski definition) is 4. The Balaban J connectivity index is 2.22. The highest BCUT2D eigenvalue weighted by atomic mass is 16.4. The summed E-state index contributed by atoms with van der Waals surface area (Å²) in [5, 5.41) is 8.79. The van der Waals surface area contributed by atoms with E-state index in [0.29, 0.717) is 13.1 Å². The van der Waals surface area contributed by atoms with E-state index in [1.807, 2.05) is 40.8 Å². The Bertz CT molecular complexity index is 594. The molecule has 2 heterocycles. The minimum Gasteiger partial charge on any atom is -0.481 e. The van der Waals surface area contributed by atoms with Crippen molar-refractivity contribution < 1.29 is 9.90 Å². The van der Waals surface area contributed by atoms with Gasteiger partial charge in [-0.15, -0.1) is 0 Å². The quantitative estimate of drug-likeness (QED) is 0.792. The molecule has 2 rings (SSSR count). The van der Waals surface area contributed by atoms with Gasteiger partial charge < -0.3 is 20.1 Å². The van der Waals surface area contributed by atoms with Crippen molar-refractivity contribution in [2.45, 2.75) is 19.8 Å². The average molecular weight is 276 g/mol. The number of rotatable bonds is 7. The summed E-state index contributed by atoms with van der Waals surface area (Å²) in [5.74, 6) is -0.780. The first-order chi connectivity index (χ1) is 9.63. The van der Waals surface area contributed by atoms with E-state index < -0.39 is 5.97 Å². The molecule has 108 valence electrons. The number of fused-ring (bicyclic) bond motifs is 1. The van der Waals surface area contributed by atoms with Gasteiger partial charge in [0.15, 0.2) is 0 Å². The van der Waals surface area contributed by atoms with Gasteiger partial charge in [0, 0.05) is 31.9 Å². The van der Waals surface area contributed by atoms with Gasteiger partial charge in [0.2, 0.25) is 0 Å². The van der Waals surface area contributed by atoms with Crippen LogP contribution in [-0.2, 0) is 11.2 Å². The molecule has 0 aliphatic rings. The highest BCUT2D eigenvalue weighted by molar-refractivity contribution is 5.67. The molecule has 0 amide bonds. The van der Waals surface area contributed by atoms with Crippen LogP contribution in [0.5, 0.6) is 0 Å². The van der Waals surface area contributed by atoms with E-state index in [9.17, 15) is 4.79 Å². The first kappa shape index (κ1) is 14.3. The highest BCUT2D eigenvalue weighted by Crippen LogP contribution is 2.16. The summed E-state index contributed by atoms with van der Waals surface area (Å²) >= 11 is 0. The Labute approximate surface area is 117 Å². The number of hydrogen-bond donors (Lipinski definition) is 2. The van der Waals surface area contributed by atoms with Gasteiger partial charge in [0.1, 0.15) is 5.65 Å². The summed E-state index contributed by atoms with van der Waals surface area (Å²) in [5.41, 5.74) is 8.39. The lowest BCUT2D eigenvalue weighted by molar-refractivity contribution is -0.136. The van der Waals surface area contributed by atoms with Gasteiger partial charge >= 0.3 is 5.97 Å². The monoisotopic (exact) mass is 276 g/mol. The summed E-state index contributed by atoms with van der Waals surface area (Å²) in [4.78, 5) is 17.2. The third-order valence-corrected chi connectivity index (χ3v) is 3.23. The van der Waals surface area contributed by atoms with Crippen molar-refractivity contribution in [2.75, 3.05) is 24.5 Å². The molecule has 6 heteroatoms. The lowest BCUT2D eigenvalue weighted by atomic mass is 10.3. The fraction of sp³-hybridized carbons (Fsp3) is 0.429. The summed E-state index contributed by atoms with van der Waals surface area (Å²) in [6, 6.07) is 3.92. The number of aliphatic carboxylic acids is 1. The third kappa shape index (κ3) is 3.27. The predicted molar refractivity (Wildman–Crippen MR) is 78.1 cm³/mol. The van der Waals surface area contributed by atoms with Crippen molar-refractivity contribution in [1.82, 2.24) is 9.38 Å². The van der Waals surface area contributed by atoms with Gasteiger partial charge in [0.05, 0.1) is 17.8 Å². The van der Waals surface area contributed by atoms with Crippen LogP contribution in [0.2, 0.25) is 0 Å². The van der Waals surface area contributed by atoms with Crippen LogP contribution >= 0.6 is 0 Å². The van der Waals surface area contributed by atoms with Gasteiger partial charge in [-0.2, -0.15) is 0 Å². The zero-order valence-corrected chi connectivity index (χ0v) is 11.6. The summed E-state index contributed by atoms with van der Waals surface area (Å²) in [7, 11) is 0. The van der Waals surface area contributed by atoms with Crippen LogP contribution in [0.15, 0.2) is 24.5 Å². The van der Waals surface area contributed by atoms with Gasteiger partial charge in [-0.05, 0) is 25.6 Å². The SMILES string of the molecule is CCN(CCC(=O)O)c1ccc2nc(CCN)cn2c1. The van der Waals surface area contributed by atoms with Crippen LogP contribution in [0.3, 0.4) is 0 Å². The van der Waals surface area contributed by atoms with Crippen LogP contribution in [0.4, 0.5) is 5.69 Å². The van der Waals surface area contributed by atoms with Crippen molar-refractivity contribution in [3.8, 4) is 0 Å². The Kier molecular flexibility index (Phi) is 4.57. The molecule has 0 radical (unpaired) electrons. The Morgan fingerprint density at radius 3 is 2.90 bits per heavy atom. The molecule has 0 saturated carbocycles. The summed E-state index contributed by atoms with van der Waals surface area (Å²) < 4.78 is 1.96. The number of carboxylic acids is 1. The largest absolute Gasteiger partial charge is 0.481 e. The van der Waals surface area contributed by atoms with Crippen molar-refractivity contribution in [2.24, 2.45) is 5.73 Å². The van der Waals surface area contributed by atoms with Crippen molar-refractivity contribution in [3.63, 3.8) is 0 Å². The maximum Gasteiger partial charge on any atom is 0.305 e. The number of carbonyl (C=O) groups is 1. The molecule has 0 fully saturated rings. The predicted octanol–water partition coefficient (Wildman–Crippen LogP) is 1.14. The fourth-order valence-electron chi connectivity index (χ4n) is 2.19. The van der Waals surface area contributed by atoms with Crippen molar-refractivity contribution in [3.05, 3.63) is 30.2 Å². The smallest absolute Gasteiger partial charge is 0.305 e. The molecule has 20 heavy (non-hydrogen) atoms. The van der Waals surface area contributed by atoms with E-state index in [2.05, 4.69) is 4.98 Å². The maximum atomic E-state index is 10.7. The molecule has 0 aliphatic heterocycles. The zero-order valence-electron chi connectivity index (χ0n) is 11.6. The molecule has 3 N–H and O–H groups in total. The molecule has 0 aliphatic carbocycles. The molecular formula is C14H20N4O2. The Morgan fingerprint density at radius 1 is 1.45 bits per heavy atom. The lowest BCUT2D eigenvalue weighted by Crippen LogP contribution is -2.25. The van der Waals surface area contributed by atoms with Crippen LogP contribution < -0.4 is 10.6 Å². The molecule has 2 aromatic heterocycles. The number of aromatic nitrogens is 2. The van der Waals surface area contributed by atoms with Crippen LogP contribution in [-0.4, -0.2) is 40.1 Å². The number of anilines is 1. The highest BCUT2D eigenvalue weighted by Gasteiger charge is 2.08. The Morgan fingerprint density at radius 2 is 2.25 bits per heavy atom. The van der Waals surface area contributed by atoms with Crippen molar-refractivity contribution in [1.29, 1.82) is 0 Å². The fourth-order valence-corrected chi connectivity index (χ4v) is 2.19. The van der Waals surface area contributed by atoms with E-state index in [4.69, 9.17) is 10.8 Å². The number of pyridine rings is 1. The number of imidazole rings is 1. The van der Waals surface area contributed by atoms with E-state index in [0.717, 1.165) is 30.0 Å². The average Bonchev–Trinajstić information content (AvgIpc) is 2.81. The molecule has 2 aromatic rings. The van der Waals surface area contributed by atoms with Crippen LogP contribution in [0, 0.1) is 0 Å². The van der Waals surface area contributed by atoms with Gasteiger partial charge in [0.25, 0.3) is 0 Å².